The molecule has 0 amide bonds. The number of carbonyl (C=O) groups is 1. The van der Waals surface area contributed by atoms with E-state index in [1.54, 1.807) is 0 Å². The molecule has 0 heterocycles. The number of aryl methyl sites for hydroxylation is 1. The molecule has 19 heavy (non-hydrogen) atoms. The quantitative estimate of drug-likeness (QED) is 0.557. The first-order valence-electron chi connectivity index (χ1n) is 6.75. The number of carbonyl (C=O) groups excluding carboxylic acids is 1. The highest BCUT2D eigenvalue weighted by molar-refractivity contribution is 5.87. The van der Waals surface area contributed by atoms with Gasteiger partial charge in [-0.3, -0.25) is 0 Å². The predicted octanol–water partition coefficient (Wildman–Crippen LogP) is 3.33. The molecule has 0 bridgehead atoms. The lowest BCUT2D eigenvalue weighted by atomic mass is 10.2. The molecule has 1 aromatic carbocycles. The number of rotatable bonds is 7. The SMILES string of the molecule is C=C(CC)C(=O)OCCN(CC)c1cccc(C)c1. The minimum atomic E-state index is -0.289. The van der Waals surface area contributed by atoms with Gasteiger partial charge in [0.1, 0.15) is 6.61 Å². The second-order valence-electron chi connectivity index (χ2n) is 4.51. The third-order valence-electron chi connectivity index (χ3n) is 3.06. The molecule has 0 unspecified atom stereocenters. The van der Waals surface area contributed by atoms with Crippen LogP contribution in [0.4, 0.5) is 5.69 Å². The first-order valence-corrected chi connectivity index (χ1v) is 6.75. The third kappa shape index (κ3) is 4.78. The standard InChI is InChI=1S/C16H23NO2/c1-5-14(4)16(18)19-11-10-17(6-2)15-9-7-8-13(3)12-15/h7-9,12H,4-6,10-11H2,1-3H3. The zero-order valence-electron chi connectivity index (χ0n) is 12.1. The molecule has 0 atom stereocenters. The van der Waals surface area contributed by atoms with Gasteiger partial charge >= 0.3 is 5.97 Å². The number of hydrogen-bond acceptors (Lipinski definition) is 3. The fraction of sp³-hybridized carbons (Fsp3) is 0.438. The summed E-state index contributed by atoms with van der Waals surface area (Å²) >= 11 is 0. The van der Waals surface area contributed by atoms with E-state index in [1.807, 2.05) is 13.0 Å². The van der Waals surface area contributed by atoms with Crippen LogP contribution >= 0.6 is 0 Å². The van der Waals surface area contributed by atoms with Crippen LogP contribution in [0.5, 0.6) is 0 Å². The number of nitrogens with zero attached hydrogens (tertiary/aromatic N) is 1. The lowest BCUT2D eigenvalue weighted by Crippen LogP contribution is -2.28. The number of esters is 1. The van der Waals surface area contributed by atoms with Crippen molar-refractivity contribution in [1.82, 2.24) is 0 Å². The summed E-state index contributed by atoms with van der Waals surface area (Å²) in [6.07, 6.45) is 0.633. The summed E-state index contributed by atoms with van der Waals surface area (Å²) in [7, 11) is 0. The fourth-order valence-electron chi connectivity index (χ4n) is 1.79. The van der Waals surface area contributed by atoms with Gasteiger partial charge in [-0.2, -0.15) is 0 Å². The lowest BCUT2D eigenvalue weighted by molar-refractivity contribution is -0.138. The summed E-state index contributed by atoms with van der Waals surface area (Å²) < 4.78 is 5.20. The third-order valence-corrected chi connectivity index (χ3v) is 3.06. The van der Waals surface area contributed by atoms with Crippen LogP contribution in [-0.4, -0.2) is 25.7 Å². The molecule has 0 N–H and O–H groups in total. The summed E-state index contributed by atoms with van der Waals surface area (Å²) in [5.74, 6) is -0.289. The van der Waals surface area contributed by atoms with Crippen molar-refractivity contribution in [1.29, 1.82) is 0 Å². The molecule has 3 nitrogen and oxygen atoms in total. The second-order valence-corrected chi connectivity index (χ2v) is 4.51. The van der Waals surface area contributed by atoms with E-state index in [9.17, 15) is 4.79 Å². The Hall–Kier alpha value is -1.77. The van der Waals surface area contributed by atoms with E-state index in [0.29, 0.717) is 25.1 Å². The summed E-state index contributed by atoms with van der Waals surface area (Å²) in [5, 5.41) is 0. The van der Waals surface area contributed by atoms with Crippen LogP contribution in [0.25, 0.3) is 0 Å². The van der Waals surface area contributed by atoms with Gasteiger partial charge in [0.25, 0.3) is 0 Å². The maximum atomic E-state index is 11.5. The molecule has 0 spiro atoms. The van der Waals surface area contributed by atoms with Crippen molar-refractivity contribution in [3.05, 3.63) is 42.0 Å². The van der Waals surface area contributed by atoms with E-state index in [0.717, 1.165) is 12.2 Å². The number of anilines is 1. The number of ether oxygens (including phenoxy) is 1. The van der Waals surface area contributed by atoms with Crippen LogP contribution in [0, 0.1) is 6.92 Å². The Kier molecular flexibility index (Phi) is 6.13. The van der Waals surface area contributed by atoms with E-state index in [1.165, 1.54) is 5.56 Å². The van der Waals surface area contributed by atoms with Gasteiger partial charge in [-0.15, -0.1) is 0 Å². The fourth-order valence-corrected chi connectivity index (χ4v) is 1.79. The topological polar surface area (TPSA) is 29.5 Å². The van der Waals surface area contributed by atoms with Crippen molar-refractivity contribution >= 4 is 11.7 Å². The van der Waals surface area contributed by atoms with Crippen LogP contribution in [0.1, 0.15) is 25.8 Å². The monoisotopic (exact) mass is 261 g/mol. The van der Waals surface area contributed by atoms with Gasteiger partial charge in [-0.1, -0.05) is 25.6 Å². The minimum Gasteiger partial charge on any atom is -0.460 e. The molecule has 0 aromatic heterocycles. The Morgan fingerprint density at radius 1 is 1.37 bits per heavy atom. The van der Waals surface area contributed by atoms with Gasteiger partial charge in [0.15, 0.2) is 0 Å². The Bertz CT molecular complexity index is 440. The van der Waals surface area contributed by atoms with Gasteiger partial charge in [0.05, 0.1) is 6.54 Å². The average molecular weight is 261 g/mol. The largest absolute Gasteiger partial charge is 0.460 e. The Labute approximate surface area is 115 Å². The summed E-state index contributed by atoms with van der Waals surface area (Å²) in [6.45, 7) is 11.7. The highest BCUT2D eigenvalue weighted by Gasteiger charge is 2.08. The first kappa shape index (κ1) is 15.3. The number of likely N-dealkylation sites (N-methyl/N-ethyl adjacent to an activating group) is 1. The molecular formula is C16H23NO2. The molecule has 0 saturated carbocycles. The Morgan fingerprint density at radius 2 is 2.11 bits per heavy atom. The van der Waals surface area contributed by atoms with Crippen LogP contribution in [-0.2, 0) is 9.53 Å². The minimum absolute atomic E-state index is 0.289. The van der Waals surface area contributed by atoms with Crippen LogP contribution in [0.2, 0.25) is 0 Å². The molecular weight excluding hydrogens is 238 g/mol. The zero-order chi connectivity index (χ0) is 14.3. The van der Waals surface area contributed by atoms with Crippen LogP contribution in [0.3, 0.4) is 0 Å². The Morgan fingerprint density at radius 3 is 2.68 bits per heavy atom. The number of benzene rings is 1. The summed E-state index contributed by atoms with van der Waals surface area (Å²) in [4.78, 5) is 13.7. The van der Waals surface area contributed by atoms with E-state index in [4.69, 9.17) is 4.74 Å². The highest BCUT2D eigenvalue weighted by atomic mass is 16.5. The molecule has 104 valence electrons. The van der Waals surface area contributed by atoms with Crippen LogP contribution in [0.15, 0.2) is 36.4 Å². The highest BCUT2D eigenvalue weighted by Crippen LogP contribution is 2.15. The van der Waals surface area contributed by atoms with Gasteiger partial charge in [0, 0.05) is 17.8 Å². The molecule has 0 aliphatic heterocycles. The van der Waals surface area contributed by atoms with Crippen molar-refractivity contribution in [2.75, 3.05) is 24.6 Å². The van der Waals surface area contributed by atoms with E-state index >= 15 is 0 Å². The normalized spacial score (nSPS) is 10.1. The number of hydrogen-bond donors (Lipinski definition) is 0. The molecule has 0 saturated heterocycles. The molecule has 0 aliphatic rings. The van der Waals surface area contributed by atoms with E-state index in [-0.39, 0.29) is 5.97 Å². The molecule has 0 aliphatic carbocycles. The average Bonchev–Trinajstić information content (AvgIpc) is 2.42. The van der Waals surface area contributed by atoms with Crippen molar-refractivity contribution < 1.29 is 9.53 Å². The lowest BCUT2D eigenvalue weighted by Gasteiger charge is -2.23. The zero-order valence-corrected chi connectivity index (χ0v) is 12.1. The summed E-state index contributed by atoms with van der Waals surface area (Å²) in [6, 6.07) is 8.32. The molecule has 0 radical (unpaired) electrons. The molecule has 1 rings (SSSR count). The van der Waals surface area contributed by atoms with Crippen molar-refractivity contribution in [3.63, 3.8) is 0 Å². The van der Waals surface area contributed by atoms with E-state index in [2.05, 4.69) is 43.5 Å². The van der Waals surface area contributed by atoms with Gasteiger partial charge in [-0.25, -0.2) is 4.79 Å². The predicted molar refractivity (Wildman–Crippen MR) is 79.5 cm³/mol. The van der Waals surface area contributed by atoms with Gasteiger partial charge < -0.3 is 9.64 Å². The molecule has 0 fully saturated rings. The maximum absolute atomic E-state index is 11.5. The van der Waals surface area contributed by atoms with Gasteiger partial charge in [0.2, 0.25) is 0 Å². The molecule has 3 heteroatoms. The van der Waals surface area contributed by atoms with Gasteiger partial charge in [-0.05, 0) is 38.0 Å². The van der Waals surface area contributed by atoms with Crippen molar-refractivity contribution in [3.8, 4) is 0 Å². The first-order chi connectivity index (χ1) is 9.08. The Balaban J connectivity index is 2.50. The summed E-state index contributed by atoms with van der Waals surface area (Å²) in [5.41, 5.74) is 2.92. The maximum Gasteiger partial charge on any atom is 0.333 e. The second kappa shape index (κ2) is 7.62. The van der Waals surface area contributed by atoms with Crippen molar-refractivity contribution in [2.45, 2.75) is 27.2 Å². The van der Waals surface area contributed by atoms with E-state index < -0.39 is 0 Å². The van der Waals surface area contributed by atoms with Crippen molar-refractivity contribution in [2.24, 2.45) is 0 Å². The van der Waals surface area contributed by atoms with Crippen LogP contribution < -0.4 is 4.90 Å². The smallest absolute Gasteiger partial charge is 0.333 e. The molecule has 1 aromatic rings.